The van der Waals surface area contributed by atoms with Crippen LogP contribution in [0.1, 0.15) is 27.2 Å². The van der Waals surface area contributed by atoms with Crippen molar-refractivity contribution >= 4 is 5.97 Å². The summed E-state index contributed by atoms with van der Waals surface area (Å²) in [5.74, 6) is -3.01. The lowest BCUT2D eigenvalue weighted by molar-refractivity contribution is -0.806. The number of aliphatic hydroxyl groups is 3. The van der Waals surface area contributed by atoms with Gasteiger partial charge in [0.15, 0.2) is 0 Å². The van der Waals surface area contributed by atoms with Gasteiger partial charge in [-0.3, -0.25) is 5.32 Å². The topological polar surface area (TPSA) is 117 Å². The Kier molecular flexibility index (Phi) is 8.66. The van der Waals surface area contributed by atoms with Gasteiger partial charge in [0.1, 0.15) is 0 Å². The molecule has 1 unspecified atom stereocenters. The van der Waals surface area contributed by atoms with E-state index in [0.29, 0.717) is 0 Å². The number of carboxylic acid groups (broad SMARTS) is 1. The molecule has 0 aromatic carbocycles. The van der Waals surface area contributed by atoms with Crippen LogP contribution in [0.25, 0.3) is 0 Å². The first-order valence-electron chi connectivity index (χ1n) is 4.38. The van der Waals surface area contributed by atoms with Gasteiger partial charge >= 0.3 is 5.91 Å². The summed E-state index contributed by atoms with van der Waals surface area (Å²) < 4.78 is 0. The van der Waals surface area contributed by atoms with E-state index in [1.165, 1.54) is 12.2 Å². The van der Waals surface area contributed by atoms with Crippen LogP contribution in [0.5, 0.6) is 0 Å². The second-order valence-corrected chi connectivity index (χ2v) is 3.08. The van der Waals surface area contributed by atoms with Crippen LogP contribution in [-0.2, 0) is 4.79 Å². The standard InChI is InChI=1S/C5H13NO2.C3H6O3/c1-3-4-6-5(2,7)8;1-2(4)3(5)6/h6-8H,3-4H2,1-2H3;2,4H,1H3,(H,5,6). The van der Waals surface area contributed by atoms with Crippen LogP contribution in [0, 0.1) is 0 Å². The van der Waals surface area contributed by atoms with Crippen LogP contribution in [0.2, 0.25) is 0 Å². The van der Waals surface area contributed by atoms with E-state index in [0.717, 1.165) is 19.9 Å². The van der Waals surface area contributed by atoms with Crippen LogP contribution in [-0.4, -0.2) is 39.8 Å². The third kappa shape index (κ3) is 17.4. The van der Waals surface area contributed by atoms with Crippen molar-refractivity contribution in [3.63, 3.8) is 0 Å². The summed E-state index contributed by atoms with van der Waals surface area (Å²) in [5, 5.41) is 36.1. The molecule has 0 saturated heterocycles. The van der Waals surface area contributed by atoms with E-state index in [2.05, 4.69) is 0 Å². The smallest absolute Gasteiger partial charge is 0.307 e. The highest BCUT2D eigenvalue weighted by Gasteiger charge is 2.16. The van der Waals surface area contributed by atoms with Crippen molar-refractivity contribution in [1.29, 1.82) is 0 Å². The summed E-state index contributed by atoms with van der Waals surface area (Å²) in [4.78, 5) is 9.34. The van der Waals surface area contributed by atoms with Crippen LogP contribution in [0.4, 0.5) is 0 Å². The predicted octanol–water partition coefficient (Wildman–Crippen LogP) is -3.26. The average Bonchev–Trinajstić information content (AvgIpc) is 2.00. The molecule has 0 heterocycles. The monoisotopic (exact) mass is 209 g/mol. The van der Waals surface area contributed by atoms with Crippen molar-refractivity contribution in [2.45, 2.75) is 39.2 Å². The van der Waals surface area contributed by atoms with Crippen molar-refractivity contribution < 1.29 is 30.5 Å². The minimum atomic E-state index is -1.57. The summed E-state index contributed by atoms with van der Waals surface area (Å²) in [7, 11) is 0. The molecule has 0 aromatic heterocycles. The molecule has 1 atom stereocenters. The molecule has 0 amide bonds. The molecule has 0 rings (SSSR count). The minimum Gasteiger partial charge on any atom is -0.547 e. The first kappa shape index (κ1) is 15.8. The molecule has 0 aliphatic carbocycles. The fourth-order valence-corrected chi connectivity index (χ4v) is 0.418. The third-order valence-corrected chi connectivity index (χ3v) is 1.16. The second-order valence-electron chi connectivity index (χ2n) is 3.08. The summed E-state index contributed by atoms with van der Waals surface area (Å²) in [6, 6.07) is 0. The molecule has 6 nitrogen and oxygen atoms in total. The highest BCUT2D eigenvalue weighted by atomic mass is 16.5. The zero-order valence-electron chi connectivity index (χ0n) is 8.73. The molecule has 0 fully saturated rings. The van der Waals surface area contributed by atoms with E-state index in [4.69, 9.17) is 15.3 Å². The van der Waals surface area contributed by atoms with Crippen molar-refractivity contribution in [3.8, 4) is 0 Å². The van der Waals surface area contributed by atoms with E-state index in [1.807, 2.05) is 6.92 Å². The predicted molar refractivity (Wildman–Crippen MR) is 46.6 cm³/mol. The fourth-order valence-electron chi connectivity index (χ4n) is 0.418. The number of carboxylic acids is 1. The van der Waals surface area contributed by atoms with E-state index < -0.39 is 18.0 Å². The lowest BCUT2D eigenvalue weighted by Crippen LogP contribution is -2.96. The summed E-state index contributed by atoms with van der Waals surface area (Å²) in [6.07, 6.45) is -0.388. The molecular weight excluding hydrogens is 190 g/mol. The van der Waals surface area contributed by atoms with Gasteiger partial charge in [-0.1, -0.05) is 6.92 Å². The van der Waals surface area contributed by atoms with Gasteiger partial charge in [-0.2, -0.15) is 0 Å². The molecule has 0 aromatic rings. The maximum absolute atomic E-state index is 9.34. The number of aliphatic hydroxyl groups excluding tert-OH is 1. The lowest BCUT2D eigenvalue weighted by Gasteiger charge is -2.11. The number of rotatable bonds is 4. The number of quaternary nitrogens is 1. The van der Waals surface area contributed by atoms with Gasteiger partial charge < -0.3 is 25.2 Å². The Balaban J connectivity index is 0. The van der Waals surface area contributed by atoms with Gasteiger partial charge in [-0.15, -0.1) is 0 Å². The van der Waals surface area contributed by atoms with Gasteiger partial charge in [-0.25, -0.2) is 0 Å². The summed E-state index contributed by atoms with van der Waals surface area (Å²) in [5.41, 5.74) is 0. The SMILES string of the molecule is CC(O)C(=O)[O-].CCC[NH2+]C(C)(O)O. The highest BCUT2D eigenvalue weighted by Crippen LogP contribution is 1.77. The van der Waals surface area contributed by atoms with Crippen molar-refractivity contribution in [2.75, 3.05) is 6.54 Å². The highest BCUT2D eigenvalue weighted by molar-refractivity contribution is 5.68. The first-order chi connectivity index (χ1) is 6.20. The van der Waals surface area contributed by atoms with E-state index in [-0.39, 0.29) is 0 Å². The molecule has 14 heavy (non-hydrogen) atoms. The zero-order valence-corrected chi connectivity index (χ0v) is 8.73. The first-order valence-corrected chi connectivity index (χ1v) is 4.38. The molecular formula is C8H19NO5. The molecule has 0 aliphatic heterocycles. The zero-order chi connectivity index (χ0) is 11.8. The largest absolute Gasteiger partial charge is 0.547 e. The van der Waals surface area contributed by atoms with Gasteiger partial charge in [0.2, 0.25) is 0 Å². The van der Waals surface area contributed by atoms with E-state index in [1.54, 1.807) is 0 Å². The van der Waals surface area contributed by atoms with Crippen molar-refractivity contribution in [2.24, 2.45) is 0 Å². The minimum absolute atomic E-state index is 0.753. The molecule has 0 bridgehead atoms. The Morgan fingerprint density at radius 1 is 1.57 bits per heavy atom. The van der Waals surface area contributed by atoms with E-state index in [9.17, 15) is 9.90 Å². The Labute approximate surface area is 83.2 Å². The van der Waals surface area contributed by atoms with Gasteiger partial charge in [0.25, 0.3) is 0 Å². The summed E-state index contributed by atoms with van der Waals surface area (Å²) >= 11 is 0. The average molecular weight is 209 g/mol. The molecule has 0 saturated carbocycles. The molecule has 0 aliphatic rings. The number of hydrogen-bond donors (Lipinski definition) is 4. The second kappa shape index (κ2) is 7.69. The number of nitrogens with two attached hydrogens (primary N) is 1. The Hall–Kier alpha value is -0.690. The maximum atomic E-state index is 9.34. The Bertz CT molecular complexity index is 152. The normalized spacial score (nSPS) is 12.7. The molecule has 86 valence electrons. The van der Waals surface area contributed by atoms with Crippen molar-refractivity contribution in [3.05, 3.63) is 0 Å². The number of hydrogen-bond acceptors (Lipinski definition) is 5. The molecule has 5 N–H and O–H groups in total. The van der Waals surface area contributed by atoms with E-state index >= 15 is 0 Å². The lowest BCUT2D eigenvalue weighted by atomic mass is 10.4. The van der Waals surface area contributed by atoms with Crippen LogP contribution < -0.4 is 10.4 Å². The number of carbonyl (C=O) groups is 1. The fraction of sp³-hybridized carbons (Fsp3) is 0.875. The Morgan fingerprint density at radius 2 is 1.93 bits per heavy atom. The quantitative estimate of drug-likeness (QED) is 0.362. The van der Waals surface area contributed by atoms with Gasteiger partial charge in [0, 0.05) is 6.92 Å². The maximum Gasteiger partial charge on any atom is 0.307 e. The Morgan fingerprint density at radius 3 is 2.00 bits per heavy atom. The van der Waals surface area contributed by atoms with Crippen LogP contribution >= 0.6 is 0 Å². The number of carbonyl (C=O) groups excluding carboxylic acids is 1. The number of aliphatic carboxylic acids is 1. The summed E-state index contributed by atoms with van der Waals surface area (Å²) in [6.45, 7) is 5.23. The van der Waals surface area contributed by atoms with Crippen LogP contribution in [0.15, 0.2) is 0 Å². The van der Waals surface area contributed by atoms with Crippen molar-refractivity contribution in [1.82, 2.24) is 0 Å². The van der Waals surface area contributed by atoms with Crippen LogP contribution in [0.3, 0.4) is 0 Å². The molecule has 0 radical (unpaired) electrons. The van der Waals surface area contributed by atoms with Gasteiger partial charge in [-0.05, 0) is 13.3 Å². The van der Waals surface area contributed by atoms with Gasteiger partial charge in [0.05, 0.1) is 18.6 Å². The molecule has 0 spiro atoms. The molecule has 6 heteroatoms. The third-order valence-electron chi connectivity index (χ3n) is 1.16.